The molecule has 0 bridgehead atoms. The summed E-state index contributed by atoms with van der Waals surface area (Å²) in [6.45, 7) is 7.38. The Kier molecular flexibility index (Phi) is 7.47. The number of anilines is 1. The van der Waals surface area contributed by atoms with Crippen molar-refractivity contribution in [3.63, 3.8) is 0 Å². The molecular weight excluding hydrogens is 584 g/mol. The predicted molar refractivity (Wildman–Crippen MR) is 185 cm³/mol. The summed E-state index contributed by atoms with van der Waals surface area (Å²) in [7, 11) is 0. The van der Waals surface area contributed by atoms with Crippen LogP contribution in [0.15, 0.2) is 60.9 Å². The number of hydrogen-bond donors (Lipinski definition) is 2. The molecule has 2 saturated carbocycles. The summed E-state index contributed by atoms with van der Waals surface area (Å²) < 4.78 is 8.16. The van der Waals surface area contributed by atoms with Crippen molar-refractivity contribution >= 4 is 16.9 Å². The van der Waals surface area contributed by atoms with Crippen LogP contribution in [-0.4, -0.2) is 80.9 Å². The summed E-state index contributed by atoms with van der Waals surface area (Å²) in [5.41, 5.74) is 10.4. The molecule has 3 saturated heterocycles. The molecule has 9 heteroatoms. The largest absolute Gasteiger partial charge is 0.457 e. The van der Waals surface area contributed by atoms with Crippen LogP contribution < -0.4 is 15.8 Å². The summed E-state index contributed by atoms with van der Waals surface area (Å²) in [6.07, 6.45) is 15.1. The van der Waals surface area contributed by atoms with Gasteiger partial charge in [0.05, 0.1) is 11.4 Å². The number of aromatic nitrogens is 4. The van der Waals surface area contributed by atoms with E-state index in [0.29, 0.717) is 22.7 Å². The van der Waals surface area contributed by atoms with E-state index in [0.717, 1.165) is 71.8 Å². The van der Waals surface area contributed by atoms with Crippen LogP contribution >= 0.6 is 0 Å². The molecule has 5 heterocycles. The Labute approximate surface area is 277 Å². The Hall–Kier alpha value is -3.53. The highest BCUT2D eigenvalue weighted by Gasteiger charge is 2.51. The van der Waals surface area contributed by atoms with Crippen molar-refractivity contribution in [1.29, 1.82) is 0 Å². The van der Waals surface area contributed by atoms with Crippen molar-refractivity contribution in [2.75, 3.05) is 45.0 Å². The Morgan fingerprint density at radius 1 is 0.702 bits per heavy atom. The molecule has 4 aromatic rings. The Morgan fingerprint density at radius 3 is 2.00 bits per heavy atom. The Balaban J connectivity index is 0.815. The molecule has 5 aliphatic rings. The van der Waals surface area contributed by atoms with Crippen LogP contribution in [0.3, 0.4) is 0 Å². The number of ether oxygens (including phenoxy) is 1. The second-order valence-corrected chi connectivity index (χ2v) is 15.4. The number of nitrogen functional groups attached to an aromatic ring is 1. The van der Waals surface area contributed by atoms with Gasteiger partial charge in [0.2, 0.25) is 0 Å². The van der Waals surface area contributed by atoms with Crippen LogP contribution in [0.5, 0.6) is 11.5 Å². The highest BCUT2D eigenvalue weighted by Crippen LogP contribution is 2.55. The number of hydrogen-bond acceptors (Lipinski definition) is 8. The number of likely N-dealkylation sites (tertiary alicyclic amines) is 2. The fraction of sp³-hybridized carbons (Fsp3) is 0.553. The maximum absolute atomic E-state index is 6.45. The third-order valence-electron chi connectivity index (χ3n) is 12.7. The Morgan fingerprint density at radius 2 is 1.32 bits per heavy atom. The average molecular weight is 633 g/mol. The first-order valence-electron chi connectivity index (χ1n) is 18.1. The van der Waals surface area contributed by atoms with E-state index in [2.05, 4.69) is 24.8 Å². The molecule has 5 fully saturated rings. The van der Waals surface area contributed by atoms with Crippen LogP contribution in [-0.2, 0) is 0 Å². The van der Waals surface area contributed by atoms with Gasteiger partial charge < -0.3 is 25.6 Å². The van der Waals surface area contributed by atoms with E-state index in [9.17, 15) is 0 Å². The molecule has 2 aromatic carbocycles. The molecule has 9 nitrogen and oxygen atoms in total. The lowest BCUT2D eigenvalue weighted by molar-refractivity contribution is -0.0849. The lowest BCUT2D eigenvalue weighted by Gasteiger charge is -2.59. The van der Waals surface area contributed by atoms with E-state index in [1.54, 1.807) is 6.33 Å². The molecule has 0 unspecified atom stereocenters. The number of nitrogens with one attached hydrogen (secondary N) is 1. The number of nitrogens with two attached hydrogens (primary N) is 1. The minimum Gasteiger partial charge on any atom is -0.457 e. The fourth-order valence-corrected chi connectivity index (χ4v) is 9.79. The molecule has 246 valence electrons. The van der Waals surface area contributed by atoms with E-state index in [1.807, 2.05) is 54.6 Å². The third kappa shape index (κ3) is 5.50. The molecule has 2 spiro atoms. The SMILES string of the molecule is Nc1ncnc2c1c(-c1ccc(Oc3ccccc3)cc1)nn2C1CCN(C2CC3(CCN(C4CC5(CCNCC5)C4)CC3)C2)CC1. The van der Waals surface area contributed by atoms with Crippen molar-refractivity contribution in [2.24, 2.45) is 10.8 Å². The minimum absolute atomic E-state index is 0.306. The van der Waals surface area contributed by atoms with Gasteiger partial charge in [-0.2, -0.15) is 5.10 Å². The van der Waals surface area contributed by atoms with E-state index in [-0.39, 0.29) is 0 Å². The lowest BCUT2D eigenvalue weighted by atomic mass is 9.57. The second kappa shape index (κ2) is 11.9. The van der Waals surface area contributed by atoms with Crippen molar-refractivity contribution in [3.05, 3.63) is 60.9 Å². The van der Waals surface area contributed by atoms with Crippen LogP contribution in [0.1, 0.15) is 70.3 Å². The molecule has 47 heavy (non-hydrogen) atoms. The van der Waals surface area contributed by atoms with Gasteiger partial charge in [-0.25, -0.2) is 14.6 Å². The molecular formula is C38H48N8O. The van der Waals surface area contributed by atoms with Crippen molar-refractivity contribution in [2.45, 2.75) is 82.3 Å². The number of piperidine rings is 3. The molecule has 3 N–H and O–H groups in total. The lowest BCUT2D eigenvalue weighted by Crippen LogP contribution is -2.60. The summed E-state index contributed by atoms with van der Waals surface area (Å²) in [5.74, 6) is 2.08. The van der Waals surface area contributed by atoms with Gasteiger partial charge in [-0.3, -0.25) is 0 Å². The normalized spacial score (nSPS) is 25.1. The van der Waals surface area contributed by atoms with E-state index < -0.39 is 0 Å². The third-order valence-corrected chi connectivity index (χ3v) is 12.7. The van der Waals surface area contributed by atoms with Gasteiger partial charge in [0.1, 0.15) is 29.3 Å². The highest BCUT2D eigenvalue weighted by molar-refractivity contribution is 5.98. The zero-order chi connectivity index (χ0) is 31.4. The van der Waals surface area contributed by atoms with Gasteiger partial charge in [0.25, 0.3) is 0 Å². The highest BCUT2D eigenvalue weighted by atomic mass is 16.5. The molecule has 0 atom stereocenters. The average Bonchev–Trinajstić information content (AvgIpc) is 3.48. The summed E-state index contributed by atoms with van der Waals surface area (Å²) in [5, 5.41) is 9.56. The first-order valence-corrected chi connectivity index (χ1v) is 18.1. The minimum atomic E-state index is 0.306. The number of nitrogens with zero attached hydrogens (tertiary/aromatic N) is 6. The zero-order valence-electron chi connectivity index (χ0n) is 27.5. The quantitative estimate of drug-likeness (QED) is 0.256. The maximum atomic E-state index is 6.45. The molecule has 2 aromatic heterocycles. The van der Waals surface area contributed by atoms with Gasteiger partial charge in [-0.05, 0) is 138 Å². The summed E-state index contributed by atoms with van der Waals surface area (Å²) >= 11 is 0. The first kappa shape index (κ1) is 29.6. The maximum Gasteiger partial charge on any atom is 0.164 e. The number of para-hydroxylation sites is 1. The smallest absolute Gasteiger partial charge is 0.164 e. The summed E-state index contributed by atoms with van der Waals surface area (Å²) in [6, 6.07) is 19.8. The van der Waals surface area contributed by atoms with E-state index >= 15 is 0 Å². The van der Waals surface area contributed by atoms with Gasteiger partial charge in [0.15, 0.2) is 5.65 Å². The van der Waals surface area contributed by atoms with Crippen molar-refractivity contribution < 1.29 is 4.74 Å². The Bertz CT molecular complexity index is 1680. The number of rotatable bonds is 6. The van der Waals surface area contributed by atoms with Gasteiger partial charge in [-0.1, -0.05) is 18.2 Å². The van der Waals surface area contributed by atoms with Crippen LogP contribution in [0, 0.1) is 10.8 Å². The molecule has 2 aliphatic carbocycles. The van der Waals surface area contributed by atoms with Crippen LogP contribution in [0.2, 0.25) is 0 Å². The van der Waals surface area contributed by atoms with Gasteiger partial charge >= 0.3 is 0 Å². The van der Waals surface area contributed by atoms with Gasteiger partial charge in [-0.15, -0.1) is 0 Å². The van der Waals surface area contributed by atoms with Crippen LogP contribution in [0.25, 0.3) is 22.3 Å². The monoisotopic (exact) mass is 632 g/mol. The fourth-order valence-electron chi connectivity index (χ4n) is 9.79. The van der Waals surface area contributed by atoms with Gasteiger partial charge in [0, 0.05) is 30.7 Å². The predicted octanol–water partition coefficient (Wildman–Crippen LogP) is 6.28. The molecule has 9 rings (SSSR count). The topological polar surface area (TPSA) is 97.4 Å². The first-order chi connectivity index (χ1) is 23.1. The zero-order valence-corrected chi connectivity index (χ0v) is 27.5. The van der Waals surface area contributed by atoms with E-state index in [4.69, 9.17) is 20.6 Å². The van der Waals surface area contributed by atoms with Crippen molar-refractivity contribution in [3.8, 4) is 22.8 Å². The van der Waals surface area contributed by atoms with Crippen LogP contribution in [0.4, 0.5) is 5.82 Å². The number of fused-ring (bicyclic) bond motifs is 1. The standard InChI is InChI=1S/C38H48N8O/c39-35-33-34(27-6-8-32(9-7-27)47-31-4-2-1-3-5-31)43-46(36(33)42-26-41-35)28-10-18-44(19-11-28)29-24-38(25-29)14-20-45(21-15-38)30-22-37(23-30)12-16-40-17-13-37/h1-9,26,28-30,40H,10-25H2,(H2,39,41,42). The van der Waals surface area contributed by atoms with E-state index in [1.165, 1.54) is 77.5 Å². The number of benzene rings is 2. The second-order valence-electron chi connectivity index (χ2n) is 15.4. The molecule has 3 aliphatic heterocycles. The molecule has 0 radical (unpaired) electrons. The van der Waals surface area contributed by atoms with Crippen molar-refractivity contribution in [1.82, 2.24) is 34.9 Å². The summed E-state index contributed by atoms with van der Waals surface area (Å²) in [4.78, 5) is 14.7. The molecule has 0 amide bonds.